The number of thiophene rings is 1. The maximum Gasteiger partial charge on any atom is 0.0479 e. The van der Waals surface area contributed by atoms with E-state index < -0.39 is 0 Å². The first-order valence-electron chi connectivity index (χ1n) is 5.62. The molecule has 2 aromatic heterocycles. The predicted octanol–water partition coefficient (Wildman–Crippen LogP) is 2.27. The molecule has 0 aliphatic rings. The lowest BCUT2D eigenvalue weighted by Gasteiger charge is -2.26. The molecule has 1 atom stereocenters. The molecule has 0 bridgehead atoms. The third-order valence-corrected chi connectivity index (χ3v) is 3.57. The van der Waals surface area contributed by atoms with Crippen LogP contribution in [0.5, 0.6) is 0 Å². The highest BCUT2D eigenvalue weighted by Crippen LogP contribution is 2.22. The highest BCUT2D eigenvalue weighted by atomic mass is 32.1. The number of nitrogens with two attached hydrogens (primary N) is 1. The van der Waals surface area contributed by atoms with Crippen molar-refractivity contribution < 1.29 is 0 Å². The van der Waals surface area contributed by atoms with Gasteiger partial charge in [-0.1, -0.05) is 0 Å². The van der Waals surface area contributed by atoms with Crippen molar-refractivity contribution in [1.29, 1.82) is 0 Å². The van der Waals surface area contributed by atoms with Crippen LogP contribution in [0.1, 0.15) is 17.2 Å². The first kappa shape index (κ1) is 12.2. The molecule has 0 amide bonds. The van der Waals surface area contributed by atoms with Gasteiger partial charge in [0, 0.05) is 31.5 Å². The Labute approximate surface area is 106 Å². The molecule has 2 rings (SSSR count). The van der Waals surface area contributed by atoms with Gasteiger partial charge in [0.05, 0.1) is 0 Å². The number of hydrogen-bond acceptors (Lipinski definition) is 4. The van der Waals surface area contributed by atoms with Gasteiger partial charge >= 0.3 is 0 Å². The SMILES string of the molecule is CN(Cc1ccncc1)C(CN)c1ccsc1. The third-order valence-electron chi connectivity index (χ3n) is 2.86. The zero-order valence-corrected chi connectivity index (χ0v) is 10.7. The second-order valence-corrected chi connectivity index (χ2v) is 4.86. The van der Waals surface area contributed by atoms with Crippen molar-refractivity contribution >= 4 is 11.3 Å². The first-order chi connectivity index (χ1) is 8.31. The second-order valence-electron chi connectivity index (χ2n) is 4.08. The molecule has 2 heterocycles. The zero-order chi connectivity index (χ0) is 12.1. The minimum Gasteiger partial charge on any atom is -0.329 e. The molecule has 2 N–H and O–H groups in total. The Bertz CT molecular complexity index is 427. The fourth-order valence-corrected chi connectivity index (χ4v) is 2.63. The van der Waals surface area contributed by atoms with Crippen LogP contribution in [0.2, 0.25) is 0 Å². The van der Waals surface area contributed by atoms with E-state index in [4.69, 9.17) is 5.73 Å². The van der Waals surface area contributed by atoms with Gasteiger partial charge in [0.2, 0.25) is 0 Å². The summed E-state index contributed by atoms with van der Waals surface area (Å²) in [6.07, 6.45) is 3.65. The van der Waals surface area contributed by atoms with Gasteiger partial charge in [0.1, 0.15) is 0 Å². The summed E-state index contributed by atoms with van der Waals surface area (Å²) in [7, 11) is 2.11. The van der Waals surface area contributed by atoms with Crippen molar-refractivity contribution in [3.05, 3.63) is 52.5 Å². The second kappa shape index (κ2) is 5.91. The summed E-state index contributed by atoms with van der Waals surface area (Å²) in [5.41, 5.74) is 8.43. The molecule has 0 fully saturated rings. The molecule has 0 saturated heterocycles. The van der Waals surface area contributed by atoms with E-state index in [0.717, 1.165) is 6.54 Å². The van der Waals surface area contributed by atoms with Crippen LogP contribution in [0.25, 0.3) is 0 Å². The van der Waals surface area contributed by atoms with Crippen LogP contribution in [0.15, 0.2) is 41.4 Å². The Kier molecular flexibility index (Phi) is 4.25. The molecule has 0 aromatic carbocycles. The fraction of sp³-hybridized carbons (Fsp3) is 0.308. The number of pyridine rings is 1. The Hall–Kier alpha value is -1.23. The van der Waals surface area contributed by atoms with Crippen LogP contribution in [0.3, 0.4) is 0 Å². The topological polar surface area (TPSA) is 42.2 Å². The average Bonchev–Trinajstić information content (AvgIpc) is 2.85. The van der Waals surface area contributed by atoms with Crippen LogP contribution in [0.4, 0.5) is 0 Å². The zero-order valence-electron chi connectivity index (χ0n) is 9.91. The summed E-state index contributed by atoms with van der Waals surface area (Å²) >= 11 is 1.71. The summed E-state index contributed by atoms with van der Waals surface area (Å²) < 4.78 is 0. The van der Waals surface area contributed by atoms with Gasteiger partial charge in [-0.05, 0) is 47.1 Å². The summed E-state index contributed by atoms with van der Waals surface area (Å²) in [5.74, 6) is 0. The van der Waals surface area contributed by atoms with E-state index in [-0.39, 0.29) is 6.04 Å². The summed E-state index contributed by atoms with van der Waals surface area (Å²) in [6, 6.07) is 6.51. The molecule has 0 saturated carbocycles. The molecule has 0 radical (unpaired) electrons. The molecule has 17 heavy (non-hydrogen) atoms. The molecule has 90 valence electrons. The van der Waals surface area contributed by atoms with Crippen LogP contribution >= 0.6 is 11.3 Å². The standard InChI is InChI=1S/C13H17N3S/c1-16(9-11-2-5-15-6-3-11)13(8-14)12-4-7-17-10-12/h2-7,10,13H,8-9,14H2,1H3. The van der Waals surface area contributed by atoms with Gasteiger partial charge in [-0.3, -0.25) is 9.88 Å². The maximum atomic E-state index is 5.87. The molecular formula is C13H17N3S. The van der Waals surface area contributed by atoms with E-state index in [1.165, 1.54) is 11.1 Å². The predicted molar refractivity (Wildman–Crippen MR) is 71.8 cm³/mol. The van der Waals surface area contributed by atoms with Crippen molar-refractivity contribution in [3.8, 4) is 0 Å². The largest absolute Gasteiger partial charge is 0.329 e. The normalized spacial score (nSPS) is 12.9. The highest BCUT2D eigenvalue weighted by molar-refractivity contribution is 7.07. The smallest absolute Gasteiger partial charge is 0.0479 e. The summed E-state index contributed by atoms with van der Waals surface area (Å²) in [6.45, 7) is 1.53. The molecule has 4 heteroatoms. The van der Waals surface area contributed by atoms with Gasteiger partial charge in [-0.2, -0.15) is 11.3 Å². The molecule has 1 unspecified atom stereocenters. The minimum absolute atomic E-state index is 0.286. The average molecular weight is 247 g/mol. The Morgan fingerprint density at radius 3 is 2.71 bits per heavy atom. The number of aromatic nitrogens is 1. The number of nitrogens with zero attached hydrogens (tertiary/aromatic N) is 2. The number of likely N-dealkylation sites (N-methyl/N-ethyl adjacent to an activating group) is 1. The van der Waals surface area contributed by atoms with Crippen molar-refractivity contribution in [1.82, 2.24) is 9.88 Å². The monoisotopic (exact) mass is 247 g/mol. The van der Waals surface area contributed by atoms with Crippen molar-refractivity contribution in [2.75, 3.05) is 13.6 Å². The highest BCUT2D eigenvalue weighted by Gasteiger charge is 2.15. The van der Waals surface area contributed by atoms with Gasteiger partial charge in [-0.15, -0.1) is 0 Å². The summed E-state index contributed by atoms with van der Waals surface area (Å²) in [4.78, 5) is 6.30. The lowest BCUT2D eigenvalue weighted by molar-refractivity contribution is 0.242. The molecule has 3 nitrogen and oxygen atoms in total. The molecule has 2 aromatic rings. The molecular weight excluding hydrogens is 230 g/mol. The van der Waals surface area contributed by atoms with Crippen LogP contribution in [-0.4, -0.2) is 23.5 Å². The van der Waals surface area contributed by atoms with Crippen molar-refractivity contribution in [3.63, 3.8) is 0 Å². The van der Waals surface area contributed by atoms with E-state index >= 15 is 0 Å². The fourth-order valence-electron chi connectivity index (χ4n) is 1.92. The van der Waals surface area contributed by atoms with E-state index in [9.17, 15) is 0 Å². The van der Waals surface area contributed by atoms with Crippen LogP contribution in [-0.2, 0) is 6.54 Å². The van der Waals surface area contributed by atoms with Crippen LogP contribution in [0, 0.1) is 0 Å². The van der Waals surface area contributed by atoms with Gasteiger partial charge in [-0.25, -0.2) is 0 Å². The number of rotatable bonds is 5. The van der Waals surface area contributed by atoms with Crippen LogP contribution < -0.4 is 5.73 Å². The van der Waals surface area contributed by atoms with Gasteiger partial charge < -0.3 is 5.73 Å². The minimum atomic E-state index is 0.286. The Balaban J connectivity index is 2.06. The van der Waals surface area contributed by atoms with E-state index in [1.54, 1.807) is 11.3 Å². The Morgan fingerprint density at radius 2 is 2.12 bits per heavy atom. The molecule has 0 aliphatic carbocycles. The lowest BCUT2D eigenvalue weighted by Crippen LogP contribution is -2.29. The first-order valence-corrected chi connectivity index (χ1v) is 6.57. The van der Waals surface area contributed by atoms with Crippen molar-refractivity contribution in [2.45, 2.75) is 12.6 Å². The summed E-state index contributed by atoms with van der Waals surface area (Å²) in [5, 5.41) is 4.26. The van der Waals surface area contributed by atoms with E-state index in [1.807, 2.05) is 24.5 Å². The molecule has 0 spiro atoms. The third kappa shape index (κ3) is 3.12. The van der Waals surface area contributed by atoms with Gasteiger partial charge in [0.25, 0.3) is 0 Å². The lowest BCUT2D eigenvalue weighted by atomic mass is 10.1. The molecule has 0 aliphatic heterocycles. The Morgan fingerprint density at radius 1 is 1.35 bits per heavy atom. The number of hydrogen-bond donors (Lipinski definition) is 1. The van der Waals surface area contributed by atoms with Crippen molar-refractivity contribution in [2.24, 2.45) is 5.73 Å². The maximum absolute atomic E-state index is 5.87. The van der Waals surface area contributed by atoms with E-state index in [0.29, 0.717) is 6.54 Å². The van der Waals surface area contributed by atoms with Gasteiger partial charge in [0.15, 0.2) is 0 Å². The quantitative estimate of drug-likeness (QED) is 0.881. The van der Waals surface area contributed by atoms with E-state index in [2.05, 4.69) is 33.8 Å².